The maximum Gasteiger partial charge on any atom is 0.224 e. The molecule has 1 aromatic heterocycles. The summed E-state index contributed by atoms with van der Waals surface area (Å²) in [6, 6.07) is 8.64. The minimum atomic E-state index is 0.106. The van der Waals surface area contributed by atoms with Gasteiger partial charge in [-0.15, -0.1) is 11.3 Å². The lowest BCUT2D eigenvalue weighted by Gasteiger charge is -2.20. The van der Waals surface area contributed by atoms with Gasteiger partial charge in [0.25, 0.3) is 0 Å². The van der Waals surface area contributed by atoms with Crippen LogP contribution in [0.2, 0.25) is 0 Å². The molecule has 1 aliphatic heterocycles. The first kappa shape index (κ1) is 13.2. The van der Waals surface area contributed by atoms with Crippen LogP contribution in [0.1, 0.15) is 24.3 Å². The van der Waals surface area contributed by atoms with Crippen LogP contribution in [0, 0.1) is 6.92 Å². The number of benzene rings is 1. The number of nitrogen functional groups attached to an aromatic ring is 1. The number of hydrogen-bond donors (Lipinski definition) is 1. The zero-order valence-electron chi connectivity index (χ0n) is 11.9. The second kappa shape index (κ2) is 4.63. The van der Waals surface area contributed by atoms with Gasteiger partial charge in [-0.05, 0) is 49.6 Å². The zero-order chi connectivity index (χ0) is 14.4. The van der Waals surface area contributed by atoms with Gasteiger partial charge in [0.1, 0.15) is 0 Å². The number of carbonyl (C=O) groups excluding carboxylic acids is 1. The predicted molar refractivity (Wildman–Crippen MR) is 85.2 cm³/mol. The second-order valence-electron chi connectivity index (χ2n) is 5.42. The highest BCUT2D eigenvalue weighted by molar-refractivity contribution is 7.16. The molecule has 3 nitrogen and oxygen atoms in total. The normalized spacial score (nSPS) is 17.4. The number of anilines is 2. The van der Waals surface area contributed by atoms with Crippen molar-refractivity contribution in [1.29, 1.82) is 0 Å². The minimum absolute atomic E-state index is 0.106. The summed E-state index contributed by atoms with van der Waals surface area (Å²) >= 11 is 1.62. The molecule has 1 aromatic carbocycles. The molecule has 0 radical (unpaired) electrons. The summed E-state index contributed by atoms with van der Waals surface area (Å²) in [7, 11) is 0. The summed E-state index contributed by atoms with van der Waals surface area (Å²) < 4.78 is 0. The molecule has 104 valence electrons. The molecule has 2 heterocycles. The molecule has 0 bridgehead atoms. The first-order valence-electron chi connectivity index (χ1n) is 6.76. The van der Waals surface area contributed by atoms with E-state index in [0.717, 1.165) is 28.2 Å². The van der Waals surface area contributed by atoms with Crippen molar-refractivity contribution in [1.82, 2.24) is 0 Å². The van der Waals surface area contributed by atoms with E-state index in [2.05, 4.69) is 32.0 Å². The highest BCUT2D eigenvalue weighted by Gasteiger charge is 2.29. The number of fused-ring (bicyclic) bond motifs is 1. The average Bonchev–Trinajstić information content (AvgIpc) is 2.86. The Bertz CT molecular complexity index is 690. The Morgan fingerprint density at radius 2 is 2.15 bits per heavy atom. The van der Waals surface area contributed by atoms with E-state index in [4.69, 9.17) is 5.73 Å². The van der Waals surface area contributed by atoms with Crippen LogP contribution >= 0.6 is 11.3 Å². The molecule has 0 fully saturated rings. The van der Waals surface area contributed by atoms with Crippen molar-refractivity contribution in [3.8, 4) is 11.1 Å². The number of amides is 1. The first-order chi connectivity index (χ1) is 9.47. The van der Waals surface area contributed by atoms with Gasteiger partial charge in [0.05, 0.1) is 5.00 Å². The molecule has 20 heavy (non-hydrogen) atoms. The molecule has 1 aliphatic rings. The molecule has 4 heteroatoms. The molecule has 3 rings (SSSR count). The van der Waals surface area contributed by atoms with Crippen LogP contribution in [0.25, 0.3) is 11.1 Å². The van der Waals surface area contributed by atoms with E-state index >= 15 is 0 Å². The van der Waals surface area contributed by atoms with Gasteiger partial charge in [0.15, 0.2) is 0 Å². The van der Waals surface area contributed by atoms with Crippen molar-refractivity contribution in [2.24, 2.45) is 0 Å². The quantitative estimate of drug-likeness (QED) is 0.870. The van der Waals surface area contributed by atoms with Gasteiger partial charge in [-0.25, -0.2) is 0 Å². The molecule has 0 saturated carbocycles. The van der Waals surface area contributed by atoms with Crippen molar-refractivity contribution in [2.45, 2.75) is 33.2 Å². The first-order valence-corrected chi connectivity index (χ1v) is 7.58. The van der Waals surface area contributed by atoms with E-state index in [0.29, 0.717) is 0 Å². The fourth-order valence-corrected chi connectivity index (χ4v) is 3.85. The number of carbonyl (C=O) groups is 1. The van der Waals surface area contributed by atoms with Gasteiger partial charge < -0.3 is 10.6 Å². The van der Waals surface area contributed by atoms with Gasteiger partial charge in [-0.3, -0.25) is 4.79 Å². The lowest BCUT2D eigenvalue weighted by molar-refractivity contribution is -0.116. The lowest BCUT2D eigenvalue weighted by Crippen LogP contribution is -2.33. The molecule has 0 saturated heterocycles. The van der Waals surface area contributed by atoms with Crippen molar-refractivity contribution in [3.63, 3.8) is 0 Å². The topological polar surface area (TPSA) is 46.3 Å². The number of nitrogens with zero attached hydrogens (tertiary/aromatic N) is 1. The van der Waals surface area contributed by atoms with E-state index in [9.17, 15) is 4.79 Å². The SMILES string of the molecule is CC(=O)N1c2ccc(-c3cc(C)sc3N)cc2CC1C. The van der Waals surface area contributed by atoms with Gasteiger partial charge in [-0.2, -0.15) is 0 Å². The third kappa shape index (κ3) is 2.00. The van der Waals surface area contributed by atoms with Crippen LogP contribution in [0.15, 0.2) is 24.3 Å². The average molecular weight is 286 g/mol. The summed E-state index contributed by atoms with van der Waals surface area (Å²) in [6.45, 7) is 5.78. The Hall–Kier alpha value is -1.81. The highest BCUT2D eigenvalue weighted by atomic mass is 32.1. The Balaban J connectivity index is 2.06. The molecule has 1 amide bonds. The molecular weight excluding hydrogens is 268 g/mol. The third-order valence-corrected chi connectivity index (χ3v) is 4.71. The minimum Gasteiger partial charge on any atom is -0.390 e. The van der Waals surface area contributed by atoms with Crippen molar-refractivity contribution in [3.05, 3.63) is 34.7 Å². The summed E-state index contributed by atoms with van der Waals surface area (Å²) in [5.41, 5.74) is 10.6. The lowest BCUT2D eigenvalue weighted by atomic mass is 10.0. The largest absolute Gasteiger partial charge is 0.390 e. The van der Waals surface area contributed by atoms with Crippen LogP contribution in [0.5, 0.6) is 0 Å². The van der Waals surface area contributed by atoms with E-state index in [1.54, 1.807) is 18.3 Å². The molecule has 1 atom stereocenters. The van der Waals surface area contributed by atoms with Crippen molar-refractivity contribution in [2.75, 3.05) is 10.6 Å². The number of rotatable bonds is 1. The van der Waals surface area contributed by atoms with E-state index in [1.807, 2.05) is 11.0 Å². The van der Waals surface area contributed by atoms with Gasteiger partial charge >= 0.3 is 0 Å². The highest BCUT2D eigenvalue weighted by Crippen LogP contribution is 2.39. The molecule has 0 spiro atoms. The Morgan fingerprint density at radius 3 is 2.75 bits per heavy atom. The standard InChI is InChI=1S/C16H18N2OS/c1-9-6-13-8-12(14-7-10(2)20-16(14)17)4-5-15(13)18(9)11(3)19/h4-5,7-9H,6,17H2,1-3H3. The zero-order valence-corrected chi connectivity index (χ0v) is 12.8. The molecule has 2 aromatic rings. The van der Waals surface area contributed by atoms with Gasteiger partial charge in [-0.1, -0.05) is 6.07 Å². The summed E-state index contributed by atoms with van der Waals surface area (Å²) in [5.74, 6) is 0.106. The monoisotopic (exact) mass is 286 g/mol. The van der Waals surface area contributed by atoms with E-state index in [1.165, 1.54) is 10.4 Å². The Morgan fingerprint density at radius 1 is 1.40 bits per heavy atom. The number of nitrogens with two attached hydrogens (primary N) is 1. The van der Waals surface area contributed by atoms with Crippen LogP contribution in [0.4, 0.5) is 10.7 Å². The second-order valence-corrected chi connectivity index (χ2v) is 6.71. The molecule has 2 N–H and O–H groups in total. The summed E-state index contributed by atoms with van der Waals surface area (Å²) in [5, 5.41) is 0.858. The summed E-state index contributed by atoms with van der Waals surface area (Å²) in [4.78, 5) is 14.8. The van der Waals surface area contributed by atoms with Crippen LogP contribution in [-0.2, 0) is 11.2 Å². The number of hydrogen-bond acceptors (Lipinski definition) is 3. The third-order valence-electron chi connectivity index (χ3n) is 3.83. The van der Waals surface area contributed by atoms with E-state index < -0.39 is 0 Å². The van der Waals surface area contributed by atoms with Crippen molar-refractivity contribution < 1.29 is 4.79 Å². The van der Waals surface area contributed by atoms with Crippen LogP contribution < -0.4 is 10.6 Å². The maximum atomic E-state index is 11.7. The van der Waals surface area contributed by atoms with Crippen molar-refractivity contribution >= 4 is 27.9 Å². The fourth-order valence-electron chi connectivity index (χ4n) is 3.04. The fraction of sp³-hybridized carbons (Fsp3) is 0.312. The smallest absolute Gasteiger partial charge is 0.224 e. The Kier molecular flexibility index (Phi) is 3.05. The molecule has 1 unspecified atom stereocenters. The summed E-state index contributed by atoms with van der Waals surface area (Å²) in [6.07, 6.45) is 0.909. The maximum absolute atomic E-state index is 11.7. The molecular formula is C16H18N2OS. The number of aryl methyl sites for hydroxylation is 1. The molecule has 0 aliphatic carbocycles. The Labute approximate surface area is 123 Å². The number of thiophene rings is 1. The van der Waals surface area contributed by atoms with Crippen LogP contribution in [0.3, 0.4) is 0 Å². The van der Waals surface area contributed by atoms with Crippen LogP contribution in [-0.4, -0.2) is 11.9 Å². The van der Waals surface area contributed by atoms with Gasteiger partial charge in [0.2, 0.25) is 5.91 Å². The van der Waals surface area contributed by atoms with E-state index in [-0.39, 0.29) is 11.9 Å². The predicted octanol–water partition coefficient (Wildman–Crippen LogP) is 3.60. The van der Waals surface area contributed by atoms with Gasteiger partial charge in [0, 0.05) is 29.1 Å².